The summed E-state index contributed by atoms with van der Waals surface area (Å²) in [5, 5.41) is 1.69. The van der Waals surface area contributed by atoms with Crippen LogP contribution in [0, 0.1) is 0 Å². The third-order valence-corrected chi connectivity index (χ3v) is 8.60. The minimum Gasteiger partial charge on any atom is -0.490 e. The molecule has 1 aliphatic carbocycles. The van der Waals surface area contributed by atoms with Crippen molar-refractivity contribution in [1.29, 1.82) is 0 Å². The molecule has 0 amide bonds. The second kappa shape index (κ2) is 9.87. The molecule has 1 aliphatic heterocycles. The van der Waals surface area contributed by atoms with Crippen LogP contribution < -0.4 is 9.47 Å². The molecule has 5 rings (SSSR count). The van der Waals surface area contributed by atoms with Gasteiger partial charge in [-0.3, -0.25) is 4.79 Å². The van der Waals surface area contributed by atoms with Gasteiger partial charge in [0.05, 0.1) is 24.7 Å². The second-order valence-corrected chi connectivity index (χ2v) is 11.0. The number of fused-ring (bicyclic) bond motifs is 1. The van der Waals surface area contributed by atoms with Crippen LogP contribution in [-0.2, 0) is 19.6 Å². The summed E-state index contributed by atoms with van der Waals surface area (Å²) in [5.41, 5.74) is 0. The van der Waals surface area contributed by atoms with Crippen LogP contribution in [0.2, 0.25) is 0 Å². The molecule has 1 heterocycles. The van der Waals surface area contributed by atoms with Gasteiger partial charge in [-0.05, 0) is 72.9 Å². The van der Waals surface area contributed by atoms with Gasteiger partial charge in [0, 0.05) is 6.42 Å². The molecule has 8 heteroatoms. The average molecular weight is 496 g/mol. The summed E-state index contributed by atoms with van der Waals surface area (Å²) >= 11 is 0. The normalized spacial score (nSPS) is 21.3. The van der Waals surface area contributed by atoms with Gasteiger partial charge in [-0.2, -0.15) is 4.31 Å². The molecule has 7 nitrogen and oxygen atoms in total. The fourth-order valence-electron chi connectivity index (χ4n) is 4.93. The van der Waals surface area contributed by atoms with Gasteiger partial charge in [0.1, 0.15) is 23.6 Å². The highest BCUT2D eigenvalue weighted by Gasteiger charge is 2.45. The number of nitrogens with zero attached hydrogens (tertiary/aromatic N) is 1. The average Bonchev–Trinajstić information content (AvgIpc) is 3.54. The number of carbonyl (C=O) groups excluding carboxylic acids is 1. The van der Waals surface area contributed by atoms with E-state index >= 15 is 0 Å². The third kappa shape index (κ3) is 4.99. The zero-order chi connectivity index (χ0) is 24.4. The Labute approximate surface area is 205 Å². The maximum absolute atomic E-state index is 13.6. The predicted molar refractivity (Wildman–Crippen MR) is 132 cm³/mol. The smallest absolute Gasteiger partial charge is 0.324 e. The number of methoxy groups -OCH3 is 1. The number of para-hydroxylation sites is 1. The molecule has 0 spiro atoms. The Hall–Kier alpha value is -3.10. The summed E-state index contributed by atoms with van der Waals surface area (Å²) in [7, 11) is -2.70. The Bertz CT molecular complexity index is 1300. The molecule has 0 bridgehead atoms. The highest BCUT2D eigenvalue weighted by Crippen LogP contribution is 2.32. The molecule has 1 saturated heterocycles. The van der Waals surface area contributed by atoms with E-state index in [-0.39, 0.29) is 24.0 Å². The lowest BCUT2D eigenvalue weighted by atomic mass is 10.1. The Kier molecular flexibility index (Phi) is 6.67. The predicted octanol–water partition coefficient (Wildman–Crippen LogP) is 4.54. The minimum atomic E-state index is -3.97. The summed E-state index contributed by atoms with van der Waals surface area (Å²) in [6, 6.07) is 18.9. The number of ether oxygens (including phenoxy) is 3. The van der Waals surface area contributed by atoms with E-state index in [9.17, 15) is 13.2 Å². The van der Waals surface area contributed by atoms with E-state index in [1.165, 1.54) is 24.3 Å². The van der Waals surface area contributed by atoms with E-state index in [4.69, 9.17) is 14.2 Å². The van der Waals surface area contributed by atoms with Gasteiger partial charge in [0.15, 0.2) is 0 Å². The van der Waals surface area contributed by atoms with Crippen molar-refractivity contribution < 1.29 is 27.4 Å². The molecule has 0 radical (unpaired) electrons. The molecule has 3 aromatic carbocycles. The molecule has 3 aromatic rings. The quantitative estimate of drug-likeness (QED) is 0.448. The summed E-state index contributed by atoms with van der Waals surface area (Å²) in [5.74, 6) is 0.829. The fraction of sp³-hybridized carbons (Fsp3) is 0.370. The summed E-state index contributed by atoms with van der Waals surface area (Å²) in [6.45, 7) is 0.0587. The lowest BCUT2D eigenvalue weighted by molar-refractivity contribution is -0.144. The molecule has 2 aliphatic rings. The molecular formula is C27H29NO6S. The van der Waals surface area contributed by atoms with Gasteiger partial charge in [-0.1, -0.05) is 30.3 Å². The van der Waals surface area contributed by atoms with Crippen molar-refractivity contribution in [3.8, 4) is 11.5 Å². The fourth-order valence-corrected chi connectivity index (χ4v) is 6.59. The van der Waals surface area contributed by atoms with Crippen LogP contribution in [-0.4, -0.2) is 50.6 Å². The van der Waals surface area contributed by atoms with E-state index in [1.807, 2.05) is 36.4 Å². The van der Waals surface area contributed by atoms with Crippen molar-refractivity contribution in [3.05, 3.63) is 66.7 Å². The topological polar surface area (TPSA) is 82.1 Å². The lowest BCUT2D eigenvalue weighted by Gasteiger charge is -2.22. The van der Waals surface area contributed by atoms with Gasteiger partial charge >= 0.3 is 5.97 Å². The summed E-state index contributed by atoms with van der Waals surface area (Å²) in [4.78, 5) is 12.6. The second-order valence-electron chi connectivity index (χ2n) is 9.10. The first kappa shape index (κ1) is 23.6. The summed E-state index contributed by atoms with van der Waals surface area (Å²) in [6.07, 6.45) is 4.54. The van der Waals surface area contributed by atoms with Crippen LogP contribution in [0.25, 0.3) is 10.8 Å². The van der Waals surface area contributed by atoms with E-state index < -0.39 is 28.1 Å². The Morgan fingerprint density at radius 1 is 0.857 bits per heavy atom. The molecule has 1 saturated carbocycles. The maximum Gasteiger partial charge on any atom is 0.324 e. The van der Waals surface area contributed by atoms with Crippen LogP contribution in [0.15, 0.2) is 71.6 Å². The number of hydrogen-bond donors (Lipinski definition) is 0. The summed E-state index contributed by atoms with van der Waals surface area (Å²) < 4.78 is 45.5. The number of carbonyl (C=O) groups is 1. The van der Waals surface area contributed by atoms with Crippen LogP contribution >= 0.6 is 0 Å². The highest BCUT2D eigenvalue weighted by atomic mass is 32.2. The molecule has 0 aromatic heterocycles. The first-order chi connectivity index (χ1) is 16.9. The van der Waals surface area contributed by atoms with Crippen molar-refractivity contribution in [2.75, 3.05) is 13.7 Å². The molecule has 2 fully saturated rings. The van der Waals surface area contributed by atoms with Crippen molar-refractivity contribution in [1.82, 2.24) is 4.31 Å². The van der Waals surface area contributed by atoms with Gasteiger partial charge in [-0.25, -0.2) is 8.42 Å². The first-order valence-electron chi connectivity index (χ1n) is 12.0. The van der Waals surface area contributed by atoms with Crippen molar-refractivity contribution >= 4 is 26.8 Å². The minimum absolute atomic E-state index is 0.0587. The van der Waals surface area contributed by atoms with E-state index in [0.29, 0.717) is 5.75 Å². The van der Waals surface area contributed by atoms with Crippen molar-refractivity contribution in [2.45, 2.75) is 55.2 Å². The number of sulfonamides is 1. The van der Waals surface area contributed by atoms with Gasteiger partial charge in [0.2, 0.25) is 10.0 Å². The highest BCUT2D eigenvalue weighted by molar-refractivity contribution is 7.89. The molecule has 0 N–H and O–H groups in total. The number of benzene rings is 3. The third-order valence-electron chi connectivity index (χ3n) is 6.73. The van der Waals surface area contributed by atoms with Crippen molar-refractivity contribution in [3.63, 3.8) is 0 Å². The van der Waals surface area contributed by atoms with Gasteiger partial charge < -0.3 is 14.2 Å². The van der Waals surface area contributed by atoms with E-state index in [2.05, 4.69) is 0 Å². The molecular weight excluding hydrogens is 466 g/mol. The van der Waals surface area contributed by atoms with Crippen LogP contribution in [0.1, 0.15) is 32.1 Å². The lowest BCUT2D eigenvalue weighted by Crippen LogP contribution is -2.41. The number of rotatable bonds is 7. The monoisotopic (exact) mass is 495 g/mol. The SMILES string of the molecule is COC(=O)[C@@H]1C[C@H](Oc2ccccc2)CN1S(=O)(=O)c1ccc2cc(OC3CCCC3)ccc2c1. The maximum atomic E-state index is 13.6. The Morgan fingerprint density at radius 3 is 2.29 bits per heavy atom. The van der Waals surface area contributed by atoms with Gasteiger partial charge in [-0.15, -0.1) is 0 Å². The zero-order valence-electron chi connectivity index (χ0n) is 19.6. The number of esters is 1. The van der Waals surface area contributed by atoms with Crippen molar-refractivity contribution in [2.24, 2.45) is 0 Å². The standard InChI is InChI=1S/C27H29NO6S/c1-32-27(29)26-17-24(34-22-7-3-2-4-8-22)18-28(26)35(30,31)25-14-12-19-15-23(13-11-20(19)16-25)33-21-9-5-6-10-21/h2-4,7-8,11-16,21,24,26H,5-6,9-10,17-18H2,1H3/t24-,26-/m0/s1. The molecule has 0 unspecified atom stereocenters. The Morgan fingerprint density at radius 2 is 1.54 bits per heavy atom. The van der Waals surface area contributed by atoms with Crippen LogP contribution in [0.5, 0.6) is 11.5 Å². The molecule has 184 valence electrons. The number of hydrogen-bond acceptors (Lipinski definition) is 6. The van der Waals surface area contributed by atoms with Crippen LogP contribution in [0.4, 0.5) is 0 Å². The first-order valence-corrected chi connectivity index (χ1v) is 13.4. The zero-order valence-corrected chi connectivity index (χ0v) is 20.4. The van der Waals surface area contributed by atoms with Crippen LogP contribution in [0.3, 0.4) is 0 Å². The van der Waals surface area contributed by atoms with E-state index in [0.717, 1.165) is 29.4 Å². The largest absolute Gasteiger partial charge is 0.490 e. The molecule has 35 heavy (non-hydrogen) atoms. The van der Waals surface area contributed by atoms with E-state index in [1.54, 1.807) is 30.3 Å². The van der Waals surface area contributed by atoms with Gasteiger partial charge in [0.25, 0.3) is 0 Å². The molecule has 2 atom stereocenters. The Balaban J connectivity index is 1.39.